The Morgan fingerprint density at radius 3 is 1.06 bits per heavy atom. The van der Waals surface area contributed by atoms with E-state index in [-0.39, 0.29) is 0 Å². The molecule has 0 amide bonds. The highest BCUT2D eigenvalue weighted by Gasteiger charge is 2.20. The van der Waals surface area contributed by atoms with Gasteiger partial charge in [-0.1, -0.05) is 183 Å². The van der Waals surface area contributed by atoms with E-state index in [1.54, 1.807) is 0 Å². The minimum Gasteiger partial charge on any atom is -0.494 e. The fourth-order valence-corrected chi connectivity index (χ4v) is 9.15. The van der Waals surface area contributed by atoms with Crippen LogP contribution in [0.3, 0.4) is 0 Å². The maximum Gasteiger partial charge on any atom is 0.119 e. The first-order valence-electron chi connectivity index (χ1n) is 25.8. The Balaban J connectivity index is 0.000000238. The van der Waals surface area contributed by atoms with E-state index in [1.165, 1.54) is 157 Å². The minimum atomic E-state index is 0.589. The molecule has 63 heavy (non-hydrogen) atoms. The fourth-order valence-electron chi connectivity index (χ4n) is 9.15. The van der Waals surface area contributed by atoms with Crippen LogP contribution in [-0.2, 0) is 0 Å². The third-order valence-electron chi connectivity index (χ3n) is 13.4. The van der Waals surface area contributed by atoms with Crippen LogP contribution in [0.4, 0.5) is 0 Å². The van der Waals surface area contributed by atoms with Crippen molar-refractivity contribution in [1.29, 1.82) is 0 Å². The van der Waals surface area contributed by atoms with Crippen molar-refractivity contribution in [2.24, 2.45) is 23.7 Å². The molecule has 0 bridgehead atoms. The van der Waals surface area contributed by atoms with Gasteiger partial charge in [-0.25, -0.2) is 0 Å². The molecule has 2 fully saturated rings. The largest absolute Gasteiger partial charge is 0.494 e. The maximum absolute atomic E-state index is 5.86. The third-order valence-corrected chi connectivity index (χ3v) is 13.4. The molecule has 0 N–H and O–H groups in total. The summed E-state index contributed by atoms with van der Waals surface area (Å²) in [6.07, 6.45) is 30.2. The summed E-state index contributed by atoms with van der Waals surface area (Å²) >= 11 is 0. The first-order valence-corrected chi connectivity index (χ1v) is 25.8. The van der Waals surface area contributed by atoms with Gasteiger partial charge in [-0.05, 0) is 147 Å². The van der Waals surface area contributed by atoms with Gasteiger partial charge >= 0.3 is 0 Å². The molecule has 0 saturated heterocycles. The summed E-state index contributed by atoms with van der Waals surface area (Å²) in [7, 11) is 0. The van der Waals surface area contributed by atoms with Gasteiger partial charge in [-0.15, -0.1) is 0 Å². The predicted molar refractivity (Wildman–Crippen MR) is 271 cm³/mol. The molecule has 2 saturated carbocycles. The first kappa shape index (κ1) is 49.6. The lowest BCUT2D eigenvalue weighted by molar-refractivity contribution is 0.294. The Morgan fingerprint density at radius 2 is 0.698 bits per heavy atom. The molecule has 2 aliphatic rings. The summed E-state index contributed by atoms with van der Waals surface area (Å²) in [6.45, 7) is 10.7. The number of ether oxygens (including phenoxy) is 2. The van der Waals surface area contributed by atoms with Gasteiger partial charge in [0.25, 0.3) is 0 Å². The zero-order valence-corrected chi connectivity index (χ0v) is 40.0. The van der Waals surface area contributed by atoms with E-state index in [2.05, 4.69) is 148 Å². The molecule has 0 aromatic heterocycles. The third kappa shape index (κ3) is 19.1. The maximum atomic E-state index is 5.86. The molecule has 0 unspecified atom stereocenters. The summed E-state index contributed by atoms with van der Waals surface area (Å²) in [5.41, 5.74) is 7.18. The van der Waals surface area contributed by atoms with E-state index in [0.29, 0.717) is 11.8 Å². The number of unbranched alkanes of at least 4 members (excludes halogenated alkanes) is 9. The topological polar surface area (TPSA) is 18.5 Å². The molecule has 4 aromatic carbocycles. The van der Waals surface area contributed by atoms with Crippen molar-refractivity contribution in [3.05, 3.63) is 108 Å². The molecule has 0 aliphatic heterocycles. The predicted octanol–water partition coefficient (Wildman–Crippen LogP) is 17.7. The lowest BCUT2D eigenvalue weighted by Gasteiger charge is -2.25. The van der Waals surface area contributed by atoms with Gasteiger partial charge in [0, 0.05) is 23.0 Å². The molecular weight excluding hydrogens is 765 g/mol. The Kier molecular flexibility index (Phi) is 23.5. The lowest BCUT2D eigenvalue weighted by Crippen LogP contribution is -2.13. The van der Waals surface area contributed by atoms with Gasteiger partial charge in [-0.3, -0.25) is 0 Å². The monoisotopic (exact) mass is 847 g/mol. The van der Waals surface area contributed by atoms with E-state index >= 15 is 0 Å². The van der Waals surface area contributed by atoms with E-state index in [9.17, 15) is 0 Å². The summed E-state index contributed by atoms with van der Waals surface area (Å²) in [4.78, 5) is 0. The highest BCUT2D eigenvalue weighted by Crippen LogP contribution is 2.33. The Labute approximate surface area is 385 Å². The molecule has 2 heteroatoms. The molecule has 2 aliphatic carbocycles. The standard InChI is InChI=1S/C31H42O.C30H40O/c1-3-5-7-9-25-32-31-23-21-30(22-24-31)29-19-17-28(18-20-29)16-15-27-13-11-26(12-14-27)10-8-6-4-2;1-3-5-7-8-24-31-30-22-20-29(21-23-30)28-18-16-27(17-19-28)15-14-26-12-10-25(11-13-26)9-6-4-2/h17-24,26-27H,3-14,25H2,1-2H3;16-23,25-26H,3-13,24H2,1-2H3. The summed E-state index contributed by atoms with van der Waals surface area (Å²) in [6, 6.07) is 34.3. The number of benzene rings is 4. The highest BCUT2D eigenvalue weighted by molar-refractivity contribution is 5.66. The van der Waals surface area contributed by atoms with Gasteiger partial charge in [-0.2, -0.15) is 0 Å². The molecule has 0 radical (unpaired) electrons. The number of hydrogen-bond donors (Lipinski definition) is 0. The fraction of sp³-hybridized carbons (Fsp3) is 0.541. The Morgan fingerprint density at radius 1 is 0.365 bits per heavy atom. The van der Waals surface area contributed by atoms with Crippen molar-refractivity contribution >= 4 is 0 Å². The van der Waals surface area contributed by atoms with Crippen LogP contribution in [0.1, 0.15) is 187 Å². The van der Waals surface area contributed by atoms with Crippen LogP contribution >= 0.6 is 0 Å². The van der Waals surface area contributed by atoms with Crippen LogP contribution in [0.5, 0.6) is 11.5 Å². The van der Waals surface area contributed by atoms with Crippen LogP contribution in [0.15, 0.2) is 97.1 Å². The van der Waals surface area contributed by atoms with Crippen molar-refractivity contribution in [3.8, 4) is 57.4 Å². The quantitative estimate of drug-likeness (QED) is 0.0614. The van der Waals surface area contributed by atoms with Crippen LogP contribution in [-0.4, -0.2) is 13.2 Å². The zero-order valence-electron chi connectivity index (χ0n) is 40.0. The van der Waals surface area contributed by atoms with E-state index in [4.69, 9.17) is 9.47 Å². The highest BCUT2D eigenvalue weighted by atomic mass is 16.5. The zero-order chi connectivity index (χ0) is 44.2. The molecule has 6 rings (SSSR count). The van der Waals surface area contributed by atoms with Crippen molar-refractivity contribution in [2.75, 3.05) is 13.2 Å². The first-order chi connectivity index (χ1) is 31.1. The van der Waals surface area contributed by atoms with Crippen molar-refractivity contribution < 1.29 is 9.47 Å². The molecular formula is C61H82O2. The lowest BCUT2D eigenvalue weighted by atomic mass is 9.80. The van der Waals surface area contributed by atoms with Gasteiger partial charge < -0.3 is 9.47 Å². The van der Waals surface area contributed by atoms with E-state index in [1.807, 2.05) is 0 Å². The second-order valence-electron chi connectivity index (χ2n) is 18.6. The van der Waals surface area contributed by atoms with Crippen LogP contribution < -0.4 is 9.47 Å². The van der Waals surface area contributed by atoms with Crippen molar-refractivity contribution in [3.63, 3.8) is 0 Å². The van der Waals surface area contributed by atoms with Crippen LogP contribution in [0.2, 0.25) is 0 Å². The second-order valence-corrected chi connectivity index (χ2v) is 18.6. The molecule has 338 valence electrons. The van der Waals surface area contributed by atoms with E-state index in [0.717, 1.165) is 60.5 Å². The van der Waals surface area contributed by atoms with Gasteiger partial charge in [0.1, 0.15) is 11.5 Å². The molecule has 0 atom stereocenters. The average molecular weight is 847 g/mol. The normalized spacial score (nSPS) is 18.2. The molecule has 2 nitrogen and oxygen atoms in total. The van der Waals surface area contributed by atoms with Crippen molar-refractivity contribution in [1.82, 2.24) is 0 Å². The molecule has 0 spiro atoms. The van der Waals surface area contributed by atoms with Crippen LogP contribution in [0, 0.1) is 47.4 Å². The van der Waals surface area contributed by atoms with Gasteiger partial charge in [0.15, 0.2) is 0 Å². The summed E-state index contributed by atoms with van der Waals surface area (Å²) in [5.74, 6) is 19.0. The number of hydrogen-bond acceptors (Lipinski definition) is 2. The Hall–Kier alpha value is -4.40. The summed E-state index contributed by atoms with van der Waals surface area (Å²) in [5, 5.41) is 0. The smallest absolute Gasteiger partial charge is 0.119 e. The Bertz CT molecular complexity index is 1900. The van der Waals surface area contributed by atoms with Crippen LogP contribution in [0.25, 0.3) is 22.3 Å². The van der Waals surface area contributed by atoms with Crippen molar-refractivity contribution in [2.45, 2.75) is 175 Å². The average Bonchev–Trinajstić information content (AvgIpc) is 3.34. The number of rotatable bonds is 21. The molecule has 4 aromatic rings. The SMILES string of the molecule is CCCCCCOc1ccc(-c2ccc(C#CC3CCC(CCCC)CC3)cc2)cc1.CCCCCCOc1ccc(-c2ccc(C#CC3CCC(CCCCC)CC3)cc2)cc1. The van der Waals surface area contributed by atoms with Gasteiger partial charge in [0.2, 0.25) is 0 Å². The minimum absolute atomic E-state index is 0.589. The summed E-state index contributed by atoms with van der Waals surface area (Å²) < 4.78 is 11.7. The molecule has 0 heterocycles. The van der Waals surface area contributed by atoms with Gasteiger partial charge in [0.05, 0.1) is 13.2 Å². The second kappa shape index (κ2) is 29.9. The van der Waals surface area contributed by atoms with E-state index < -0.39 is 0 Å².